The van der Waals surface area contributed by atoms with E-state index in [2.05, 4.69) is 18.7 Å². The molecule has 1 aromatic heterocycles. The molecule has 20 heavy (non-hydrogen) atoms. The zero-order chi connectivity index (χ0) is 14.9. The maximum absolute atomic E-state index is 11.2. The van der Waals surface area contributed by atoms with Crippen molar-refractivity contribution in [2.75, 3.05) is 18.0 Å². The Morgan fingerprint density at radius 3 is 2.75 bits per heavy atom. The summed E-state index contributed by atoms with van der Waals surface area (Å²) in [6.45, 7) is 7.84. The molecule has 0 radical (unpaired) electrons. The van der Waals surface area contributed by atoms with Crippen molar-refractivity contribution < 1.29 is 10.0 Å². The number of hydrogen-bond acceptors (Lipinski definition) is 5. The van der Waals surface area contributed by atoms with Gasteiger partial charge in [-0.25, -0.2) is 0 Å². The molecule has 0 spiro atoms. The van der Waals surface area contributed by atoms with Crippen LogP contribution >= 0.6 is 11.3 Å². The Kier molecular flexibility index (Phi) is 4.34. The molecule has 1 aromatic rings. The van der Waals surface area contributed by atoms with Gasteiger partial charge in [0.05, 0.1) is 11.0 Å². The second kappa shape index (κ2) is 5.69. The van der Waals surface area contributed by atoms with Crippen LogP contribution in [0.15, 0.2) is 6.07 Å². The molecule has 1 aliphatic heterocycles. The van der Waals surface area contributed by atoms with Crippen molar-refractivity contribution in [3.05, 3.63) is 21.1 Å². The number of rotatable bonds is 3. The third-order valence-corrected chi connectivity index (χ3v) is 5.30. The smallest absolute Gasteiger partial charge is 0.304 e. The minimum Gasteiger partial charge on any atom is -0.388 e. The van der Waals surface area contributed by atoms with Crippen molar-refractivity contribution in [1.82, 2.24) is 0 Å². The molecule has 0 amide bonds. The predicted octanol–water partition coefficient (Wildman–Crippen LogP) is 3.73. The lowest BCUT2D eigenvalue weighted by molar-refractivity contribution is -0.383. The van der Waals surface area contributed by atoms with Crippen LogP contribution in [0.1, 0.15) is 51.0 Å². The third kappa shape index (κ3) is 3.30. The molecule has 0 saturated carbocycles. The predicted molar refractivity (Wildman–Crippen MR) is 81.5 cm³/mol. The Balaban J connectivity index is 2.29. The summed E-state index contributed by atoms with van der Waals surface area (Å²) >= 11 is 1.35. The number of hydrogen-bond donors (Lipinski definition) is 1. The first-order chi connectivity index (χ1) is 9.30. The summed E-state index contributed by atoms with van der Waals surface area (Å²) in [5.74, 6) is 0. The van der Waals surface area contributed by atoms with Gasteiger partial charge in [0.25, 0.3) is 0 Å². The highest BCUT2D eigenvalue weighted by Crippen LogP contribution is 2.42. The average molecular weight is 298 g/mol. The number of thiophene rings is 1. The minimum atomic E-state index is -0.657. The number of anilines is 1. The zero-order valence-electron chi connectivity index (χ0n) is 12.3. The fraction of sp³-hybridized carbons (Fsp3) is 0.714. The van der Waals surface area contributed by atoms with Gasteiger partial charge in [-0.15, -0.1) is 11.3 Å². The molecule has 112 valence electrons. The zero-order valence-corrected chi connectivity index (χ0v) is 13.1. The Bertz CT molecular complexity index is 497. The maximum atomic E-state index is 11.2. The summed E-state index contributed by atoms with van der Waals surface area (Å²) in [5, 5.41) is 21.6. The highest BCUT2D eigenvalue weighted by atomic mass is 32.1. The van der Waals surface area contributed by atoms with Crippen molar-refractivity contribution in [2.24, 2.45) is 5.41 Å². The van der Waals surface area contributed by atoms with Crippen LogP contribution in [0.5, 0.6) is 0 Å². The van der Waals surface area contributed by atoms with Crippen LogP contribution in [0.4, 0.5) is 10.7 Å². The SMILES string of the molecule is CC(O)c1cc([N+](=O)[O-])c(N2CCCC(C)(C)CC2)s1. The van der Waals surface area contributed by atoms with Gasteiger partial charge < -0.3 is 10.0 Å². The summed E-state index contributed by atoms with van der Waals surface area (Å²) in [4.78, 5) is 13.7. The molecule has 2 rings (SSSR count). The van der Waals surface area contributed by atoms with Gasteiger partial charge in [0.1, 0.15) is 0 Å². The van der Waals surface area contributed by atoms with E-state index in [0.29, 0.717) is 15.3 Å². The van der Waals surface area contributed by atoms with Gasteiger partial charge in [-0.2, -0.15) is 0 Å². The summed E-state index contributed by atoms with van der Waals surface area (Å²) in [7, 11) is 0. The van der Waals surface area contributed by atoms with Crippen LogP contribution in [0.25, 0.3) is 0 Å². The first-order valence-corrected chi connectivity index (χ1v) is 7.83. The largest absolute Gasteiger partial charge is 0.388 e. The fourth-order valence-corrected chi connectivity index (χ4v) is 3.69. The van der Waals surface area contributed by atoms with Gasteiger partial charge in [0.2, 0.25) is 0 Å². The lowest BCUT2D eigenvalue weighted by Crippen LogP contribution is -2.24. The van der Waals surface area contributed by atoms with Crippen LogP contribution in [0.3, 0.4) is 0 Å². The van der Waals surface area contributed by atoms with Crippen LogP contribution in [-0.2, 0) is 0 Å². The van der Waals surface area contributed by atoms with E-state index in [1.165, 1.54) is 17.4 Å². The quantitative estimate of drug-likeness (QED) is 0.682. The third-order valence-electron chi connectivity index (χ3n) is 3.95. The molecule has 1 unspecified atom stereocenters. The van der Waals surface area contributed by atoms with E-state index >= 15 is 0 Å². The molecule has 0 aliphatic carbocycles. The molecule has 1 saturated heterocycles. The lowest BCUT2D eigenvalue weighted by atomic mass is 9.85. The second-order valence-electron chi connectivity index (χ2n) is 6.28. The van der Waals surface area contributed by atoms with E-state index in [4.69, 9.17) is 0 Å². The molecule has 1 atom stereocenters. The average Bonchev–Trinajstić information content (AvgIpc) is 2.71. The highest BCUT2D eigenvalue weighted by Gasteiger charge is 2.29. The van der Waals surface area contributed by atoms with Gasteiger partial charge in [-0.3, -0.25) is 10.1 Å². The van der Waals surface area contributed by atoms with Crippen molar-refractivity contribution in [3.8, 4) is 0 Å². The number of aliphatic hydroxyl groups excluding tert-OH is 1. The Hall–Kier alpha value is -1.14. The summed E-state index contributed by atoms with van der Waals surface area (Å²) in [5.41, 5.74) is 0.430. The monoisotopic (exact) mass is 298 g/mol. The minimum absolute atomic E-state index is 0.130. The maximum Gasteiger partial charge on any atom is 0.304 e. The fourth-order valence-electron chi connectivity index (χ4n) is 2.58. The van der Waals surface area contributed by atoms with Crippen LogP contribution in [0.2, 0.25) is 0 Å². The van der Waals surface area contributed by atoms with E-state index in [-0.39, 0.29) is 10.6 Å². The first kappa shape index (κ1) is 15.3. The van der Waals surface area contributed by atoms with Gasteiger partial charge >= 0.3 is 5.69 Å². The molecular weight excluding hydrogens is 276 g/mol. The topological polar surface area (TPSA) is 66.6 Å². The van der Waals surface area contributed by atoms with E-state index in [1.54, 1.807) is 6.92 Å². The lowest BCUT2D eigenvalue weighted by Gasteiger charge is -2.23. The number of nitro groups is 1. The van der Waals surface area contributed by atoms with Gasteiger partial charge in [-0.05, 0) is 31.6 Å². The molecule has 2 heterocycles. The first-order valence-electron chi connectivity index (χ1n) is 7.01. The number of aliphatic hydroxyl groups is 1. The molecule has 6 heteroatoms. The summed E-state index contributed by atoms with van der Waals surface area (Å²) in [6.07, 6.45) is 2.57. The standard InChI is InChI=1S/C14H22N2O3S/c1-10(17)12-9-11(16(18)19)13(20-12)15-7-4-5-14(2,3)6-8-15/h9-10,17H,4-8H2,1-3H3. The Morgan fingerprint density at radius 1 is 1.45 bits per heavy atom. The van der Waals surface area contributed by atoms with Crippen LogP contribution in [0, 0.1) is 15.5 Å². The molecule has 0 aromatic carbocycles. The van der Waals surface area contributed by atoms with Crippen LogP contribution in [-0.4, -0.2) is 23.1 Å². The summed E-state index contributed by atoms with van der Waals surface area (Å²) < 4.78 is 0. The van der Waals surface area contributed by atoms with Crippen molar-refractivity contribution >= 4 is 22.0 Å². The molecule has 5 nitrogen and oxygen atoms in total. The molecule has 1 fully saturated rings. The molecular formula is C14H22N2O3S. The van der Waals surface area contributed by atoms with Crippen molar-refractivity contribution in [2.45, 2.75) is 46.1 Å². The van der Waals surface area contributed by atoms with Gasteiger partial charge in [0, 0.05) is 24.0 Å². The Morgan fingerprint density at radius 2 is 2.15 bits per heavy atom. The molecule has 1 aliphatic rings. The molecule has 1 N–H and O–H groups in total. The van der Waals surface area contributed by atoms with E-state index < -0.39 is 6.10 Å². The van der Waals surface area contributed by atoms with Crippen molar-refractivity contribution in [3.63, 3.8) is 0 Å². The van der Waals surface area contributed by atoms with E-state index in [1.807, 2.05) is 0 Å². The normalized spacial score (nSPS) is 20.5. The molecule has 0 bridgehead atoms. The van der Waals surface area contributed by atoms with Gasteiger partial charge in [0.15, 0.2) is 5.00 Å². The highest BCUT2D eigenvalue weighted by molar-refractivity contribution is 7.16. The summed E-state index contributed by atoms with van der Waals surface area (Å²) in [6, 6.07) is 1.51. The van der Waals surface area contributed by atoms with Crippen LogP contribution < -0.4 is 4.90 Å². The second-order valence-corrected chi connectivity index (χ2v) is 7.34. The Labute approximate surface area is 123 Å². The van der Waals surface area contributed by atoms with E-state index in [0.717, 1.165) is 32.4 Å². The van der Waals surface area contributed by atoms with Gasteiger partial charge in [-0.1, -0.05) is 13.8 Å². The number of nitrogens with zero attached hydrogens (tertiary/aromatic N) is 2. The van der Waals surface area contributed by atoms with Crippen molar-refractivity contribution in [1.29, 1.82) is 0 Å². The van der Waals surface area contributed by atoms with E-state index in [9.17, 15) is 15.2 Å².